The molecule has 6 heavy (non-hydrogen) atoms. The zero-order chi connectivity index (χ0) is 4.83. The Labute approximate surface area is 35.5 Å². The Morgan fingerprint density at radius 2 is 2.17 bits per heavy atom. The van der Waals surface area contributed by atoms with Gasteiger partial charge in [0.2, 0.25) is 0 Å². The summed E-state index contributed by atoms with van der Waals surface area (Å²) in [5.74, 6) is 0. The summed E-state index contributed by atoms with van der Waals surface area (Å²) in [7, 11) is 0. The second kappa shape index (κ2) is 4.60. The molecular formula is C4H6F2. The molecule has 0 aliphatic rings. The molecular weight excluding hydrogens is 86.0 g/mol. The molecule has 0 atom stereocenters. The molecule has 2 heteroatoms. The van der Waals surface area contributed by atoms with Crippen LogP contribution in [0.3, 0.4) is 0 Å². The molecule has 0 amide bonds. The van der Waals surface area contributed by atoms with E-state index < -0.39 is 6.67 Å². The van der Waals surface area contributed by atoms with Crippen LogP contribution in [0.25, 0.3) is 0 Å². The summed E-state index contributed by atoms with van der Waals surface area (Å²) in [4.78, 5) is 0. The summed E-state index contributed by atoms with van der Waals surface area (Å²) < 4.78 is 21.8. The van der Waals surface area contributed by atoms with Gasteiger partial charge in [-0.25, -0.2) is 4.39 Å². The van der Waals surface area contributed by atoms with E-state index in [0.29, 0.717) is 6.33 Å². The highest BCUT2D eigenvalue weighted by Crippen LogP contribution is 1.81. The normalized spacial score (nSPS) is 10.3. The molecule has 0 aliphatic heterocycles. The van der Waals surface area contributed by atoms with Crippen molar-refractivity contribution in [1.29, 1.82) is 0 Å². The van der Waals surface area contributed by atoms with E-state index in [9.17, 15) is 8.78 Å². The Morgan fingerprint density at radius 1 is 1.50 bits per heavy atom. The SMILES string of the molecule is F/C=C/CCF. The van der Waals surface area contributed by atoms with Gasteiger partial charge in [-0.05, 0) is 6.42 Å². The van der Waals surface area contributed by atoms with E-state index in [2.05, 4.69) is 0 Å². The predicted octanol–water partition coefficient (Wildman–Crippen LogP) is 1.83. The first-order chi connectivity index (χ1) is 2.91. The second-order valence-electron chi connectivity index (χ2n) is 0.839. The van der Waals surface area contributed by atoms with E-state index in [1.165, 1.54) is 0 Å². The molecule has 0 aromatic rings. The van der Waals surface area contributed by atoms with Crippen molar-refractivity contribution in [3.8, 4) is 0 Å². The summed E-state index contributed by atoms with van der Waals surface area (Å²) in [5.41, 5.74) is 0. The van der Waals surface area contributed by atoms with Gasteiger partial charge in [-0.1, -0.05) is 6.08 Å². The quantitative estimate of drug-likeness (QED) is 0.487. The van der Waals surface area contributed by atoms with Crippen LogP contribution >= 0.6 is 0 Å². The van der Waals surface area contributed by atoms with E-state index >= 15 is 0 Å². The van der Waals surface area contributed by atoms with Crippen molar-refractivity contribution < 1.29 is 8.78 Å². The minimum Gasteiger partial charge on any atom is -0.251 e. The molecule has 0 fully saturated rings. The fraction of sp³-hybridized carbons (Fsp3) is 0.500. The molecule has 0 nitrogen and oxygen atoms in total. The Kier molecular flexibility index (Phi) is 4.29. The van der Waals surface area contributed by atoms with Crippen molar-refractivity contribution >= 4 is 0 Å². The molecule has 0 saturated carbocycles. The first-order valence-corrected chi connectivity index (χ1v) is 1.73. The van der Waals surface area contributed by atoms with Crippen LogP contribution < -0.4 is 0 Å². The Bertz CT molecular complexity index is 40.8. The molecule has 0 rings (SSSR count). The van der Waals surface area contributed by atoms with Crippen LogP contribution in [0, 0.1) is 0 Å². The molecule has 0 heterocycles. The van der Waals surface area contributed by atoms with Crippen LogP contribution in [0.15, 0.2) is 12.4 Å². The van der Waals surface area contributed by atoms with Gasteiger partial charge in [-0.2, -0.15) is 0 Å². The molecule has 0 aliphatic carbocycles. The Hall–Kier alpha value is -0.400. The van der Waals surface area contributed by atoms with Crippen LogP contribution in [-0.2, 0) is 0 Å². The average Bonchev–Trinajstić information content (AvgIpc) is 1.61. The van der Waals surface area contributed by atoms with Crippen LogP contribution in [0.5, 0.6) is 0 Å². The van der Waals surface area contributed by atoms with Gasteiger partial charge >= 0.3 is 0 Å². The lowest BCUT2D eigenvalue weighted by Gasteiger charge is -1.71. The summed E-state index contributed by atoms with van der Waals surface area (Å²) in [6, 6.07) is 0. The van der Waals surface area contributed by atoms with Crippen molar-refractivity contribution in [2.45, 2.75) is 6.42 Å². The van der Waals surface area contributed by atoms with Gasteiger partial charge in [-0.15, -0.1) is 0 Å². The smallest absolute Gasteiger partial charge is 0.0929 e. The number of rotatable bonds is 2. The Morgan fingerprint density at radius 3 is 2.33 bits per heavy atom. The van der Waals surface area contributed by atoms with Crippen LogP contribution in [0.1, 0.15) is 6.42 Å². The second-order valence-corrected chi connectivity index (χ2v) is 0.839. The lowest BCUT2D eigenvalue weighted by Crippen LogP contribution is -1.63. The highest BCUT2D eigenvalue weighted by atomic mass is 19.1. The monoisotopic (exact) mass is 92.0 g/mol. The molecule has 36 valence electrons. The number of halogens is 2. The van der Waals surface area contributed by atoms with Gasteiger partial charge in [0.1, 0.15) is 0 Å². The molecule has 0 aromatic heterocycles. The lowest BCUT2D eigenvalue weighted by molar-refractivity contribution is 0.499. The van der Waals surface area contributed by atoms with Crippen LogP contribution in [0.4, 0.5) is 8.78 Å². The van der Waals surface area contributed by atoms with Gasteiger partial charge in [-0.3, -0.25) is 4.39 Å². The van der Waals surface area contributed by atoms with Gasteiger partial charge < -0.3 is 0 Å². The van der Waals surface area contributed by atoms with E-state index in [1.54, 1.807) is 0 Å². The number of hydrogen-bond donors (Lipinski definition) is 0. The maximum absolute atomic E-state index is 11.0. The minimum absolute atomic E-state index is 0.191. The molecule has 0 spiro atoms. The topological polar surface area (TPSA) is 0 Å². The van der Waals surface area contributed by atoms with Gasteiger partial charge in [0.15, 0.2) is 0 Å². The van der Waals surface area contributed by atoms with Crippen molar-refractivity contribution in [1.82, 2.24) is 0 Å². The summed E-state index contributed by atoms with van der Waals surface area (Å²) in [5, 5.41) is 0. The van der Waals surface area contributed by atoms with Gasteiger partial charge in [0.05, 0.1) is 13.0 Å². The zero-order valence-electron chi connectivity index (χ0n) is 3.32. The van der Waals surface area contributed by atoms with Crippen molar-refractivity contribution in [2.24, 2.45) is 0 Å². The van der Waals surface area contributed by atoms with Gasteiger partial charge in [0, 0.05) is 0 Å². The van der Waals surface area contributed by atoms with E-state index in [1.807, 2.05) is 0 Å². The highest BCUT2D eigenvalue weighted by molar-refractivity contribution is 4.70. The van der Waals surface area contributed by atoms with Crippen molar-refractivity contribution in [2.75, 3.05) is 6.67 Å². The summed E-state index contributed by atoms with van der Waals surface area (Å²) in [6.45, 7) is -0.472. The standard InChI is InChI=1S/C4H6F2/c5-3-1-2-4-6/h1,3H,2,4H2/b3-1+. The third kappa shape index (κ3) is 3.60. The van der Waals surface area contributed by atoms with E-state index in [0.717, 1.165) is 6.08 Å². The Balaban J connectivity index is 2.66. The predicted molar refractivity (Wildman–Crippen MR) is 20.8 cm³/mol. The largest absolute Gasteiger partial charge is 0.251 e. The maximum Gasteiger partial charge on any atom is 0.0929 e. The molecule has 0 N–H and O–H groups in total. The number of hydrogen-bond acceptors (Lipinski definition) is 0. The fourth-order valence-electron chi connectivity index (χ4n) is 0.126. The number of allylic oxidation sites excluding steroid dienone is 1. The van der Waals surface area contributed by atoms with Crippen molar-refractivity contribution in [3.05, 3.63) is 12.4 Å². The zero-order valence-corrected chi connectivity index (χ0v) is 3.32. The summed E-state index contributed by atoms with van der Waals surface area (Å²) in [6.07, 6.45) is 1.68. The number of alkyl halides is 1. The first kappa shape index (κ1) is 5.60. The molecule has 0 saturated heterocycles. The third-order valence-electron chi connectivity index (χ3n) is 0.365. The highest BCUT2D eigenvalue weighted by Gasteiger charge is 1.70. The third-order valence-corrected chi connectivity index (χ3v) is 0.365. The van der Waals surface area contributed by atoms with Gasteiger partial charge in [0.25, 0.3) is 0 Å². The van der Waals surface area contributed by atoms with E-state index in [-0.39, 0.29) is 6.42 Å². The maximum atomic E-state index is 11.0. The molecule has 0 radical (unpaired) electrons. The molecule has 0 bridgehead atoms. The summed E-state index contributed by atoms with van der Waals surface area (Å²) >= 11 is 0. The minimum atomic E-state index is -0.472. The van der Waals surface area contributed by atoms with Crippen LogP contribution in [0.2, 0.25) is 0 Å². The fourth-order valence-corrected chi connectivity index (χ4v) is 0.126. The molecule has 0 aromatic carbocycles. The lowest BCUT2D eigenvalue weighted by atomic mass is 10.5. The van der Waals surface area contributed by atoms with E-state index in [4.69, 9.17) is 0 Å². The van der Waals surface area contributed by atoms with Crippen LogP contribution in [-0.4, -0.2) is 6.67 Å². The molecule has 0 unspecified atom stereocenters. The first-order valence-electron chi connectivity index (χ1n) is 1.73. The average molecular weight is 92.1 g/mol. The van der Waals surface area contributed by atoms with Crippen molar-refractivity contribution in [3.63, 3.8) is 0 Å².